The summed E-state index contributed by atoms with van der Waals surface area (Å²) < 4.78 is 5.50. The van der Waals surface area contributed by atoms with Gasteiger partial charge in [0.1, 0.15) is 5.75 Å². The number of nitrogens with one attached hydrogen (secondary N) is 1. The molecule has 94 valence electrons. The fourth-order valence-corrected chi connectivity index (χ4v) is 1.98. The lowest BCUT2D eigenvalue weighted by Gasteiger charge is -2.06. The van der Waals surface area contributed by atoms with Crippen LogP contribution in [0.4, 0.5) is 5.13 Å². The highest BCUT2D eigenvalue weighted by molar-refractivity contribution is 7.13. The lowest BCUT2D eigenvalue weighted by Crippen LogP contribution is -2.14. The highest BCUT2D eigenvalue weighted by atomic mass is 32.1. The van der Waals surface area contributed by atoms with Crippen LogP contribution in [0.3, 0.4) is 0 Å². The number of carbonyl (C=O) groups excluding carboxylic acids is 1. The van der Waals surface area contributed by atoms with Gasteiger partial charge in [0.2, 0.25) is 5.91 Å². The molecule has 0 radical (unpaired) electrons. The maximum atomic E-state index is 11.5. The number of benzene rings is 1. The molecule has 0 fully saturated rings. The number of thiazole rings is 1. The van der Waals surface area contributed by atoms with E-state index >= 15 is 0 Å². The Balaban J connectivity index is 1.73. The highest BCUT2D eigenvalue weighted by Crippen LogP contribution is 2.13. The van der Waals surface area contributed by atoms with E-state index in [9.17, 15) is 4.79 Å². The van der Waals surface area contributed by atoms with E-state index in [-0.39, 0.29) is 5.91 Å². The van der Waals surface area contributed by atoms with Gasteiger partial charge in [-0.2, -0.15) is 0 Å². The Morgan fingerprint density at radius 3 is 3.11 bits per heavy atom. The van der Waals surface area contributed by atoms with Crippen LogP contribution in [0, 0.1) is 6.92 Å². The van der Waals surface area contributed by atoms with Gasteiger partial charge >= 0.3 is 0 Å². The van der Waals surface area contributed by atoms with Crippen LogP contribution in [0.25, 0.3) is 0 Å². The van der Waals surface area contributed by atoms with Crippen LogP contribution in [0.15, 0.2) is 35.8 Å². The summed E-state index contributed by atoms with van der Waals surface area (Å²) in [6, 6.07) is 7.76. The Morgan fingerprint density at radius 1 is 1.50 bits per heavy atom. The Kier molecular flexibility index (Phi) is 4.30. The molecule has 1 aromatic carbocycles. The zero-order valence-electron chi connectivity index (χ0n) is 10.1. The van der Waals surface area contributed by atoms with Crippen molar-refractivity contribution in [2.24, 2.45) is 0 Å². The summed E-state index contributed by atoms with van der Waals surface area (Å²) in [6.07, 6.45) is 1.97. The number of carbonyl (C=O) groups is 1. The molecule has 0 aliphatic carbocycles. The first-order valence-corrected chi connectivity index (χ1v) is 6.51. The minimum absolute atomic E-state index is 0.0856. The Labute approximate surface area is 110 Å². The largest absolute Gasteiger partial charge is 0.493 e. The molecule has 2 aromatic rings. The van der Waals surface area contributed by atoms with E-state index in [1.54, 1.807) is 6.20 Å². The lowest BCUT2D eigenvalue weighted by atomic mass is 10.2. The van der Waals surface area contributed by atoms with Gasteiger partial charge in [0.05, 0.1) is 13.0 Å². The van der Waals surface area contributed by atoms with Crippen LogP contribution in [-0.4, -0.2) is 17.5 Å². The number of hydrogen-bond acceptors (Lipinski definition) is 4. The molecule has 5 heteroatoms. The number of hydrogen-bond donors (Lipinski definition) is 1. The molecule has 0 bridgehead atoms. The van der Waals surface area contributed by atoms with Crippen LogP contribution >= 0.6 is 11.3 Å². The molecular weight excluding hydrogens is 248 g/mol. The van der Waals surface area contributed by atoms with E-state index in [4.69, 9.17) is 4.74 Å². The van der Waals surface area contributed by atoms with E-state index in [0.717, 1.165) is 11.3 Å². The second-order valence-corrected chi connectivity index (χ2v) is 4.69. The third kappa shape index (κ3) is 3.85. The lowest BCUT2D eigenvalue weighted by molar-refractivity contribution is -0.116. The molecule has 0 aliphatic rings. The quantitative estimate of drug-likeness (QED) is 0.901. The van der Waals surface area contributed by atoms with Crippen molar-refractivity contribution in [3.8, 4) is 5.75 Å². The average molecular weight is 262 g/mol. The highest BCUT2D eigenvalue weighted by Gasteiger charge is 2.04. The number of ether oxygens (including phenoxy) is 1. The monoisotopic (exact) mass is 262 g/mol. The summed E-state index contributed by atoms with van der Waals surface area (Å²) in [5.41, 5.74) is 1.14. The number of aryl methyl sites for hydroxylation is 1. The molecular formula is C13H14N2O2S. The zero-order chi connectivity index (χ0) is 12.8. The Morgan fingerprint density at radius 2 is 2.39 bits per heavy atom. The van der Waals surface area contributed by atoms with Crippen molar-refractivity contribution in [1.82, 2.24) is 4.98 Å². The first-order valence-electron chi connectivity index (χ1n) is 5.63. The summed E-state index contributed by atoms with van der Waals surface area (Å²) in [7, 11) is 0. The van der Waals surface area contributed by atoms with Crippen molar-refractivity contribution in [1.29, 1.82) is 0 Å². The molecule has 1 aromatic heterocycles. The summed E-state index contributed by atoms with van der Waals surface area (Å²) in [5, 5.41) is 5.15. The van der Waals surface area contributed by atoms with E-state index in [0.29, 0.717) is 18.2 Å². The fourth-order valence-electron chi connectivity index (χ4n) is 1.43. The second-order valence-electron chi connectivity index (χ2n) is 3.80. The summed E-state index contributed by atoms with van der Waals surface area (Å²) in [6.45, 7) is 2.36. The van der Waals surface area contributed by atoms with Crippen molar-refractivity contribution < 1.29 is 9.53 Å². The van der Waals surface area contributed by atoms with Gasteiger partial charge in [-0.05, 0) is 24.6 Å². The summed E-state index contributed by atoms with van der Waals surface area (Å²) >= 11 is 1.40. The third-order valence-electron chi connectivity index (χ3n) is 2.27. The van der Waals surface area contributed by atoms with Crippen molar-refractivity contribution in [2.75, 3.05) is 11.9 Å². The van der Waals surface area contributed by atoms with Gasteiger partial charge in [-0.1, -0.05) is 12.1 Å². The normalized spacial score (nSPS) is 10.1. The summed E-state index contributed by atoms with van der Waals surface area (Å²) in [5.74, 6) is 0.703. The number of nitrogens with zero attached hydrogens (tertiary/aromatic N) is 1. The van der Waals surface area contributed by atoms with Crippen LogP contribution in [-0.2, 0) is 4.79 Å². The first kappa shape index (κ1) is 12.6. The molecule has 1 heterocycles. The van der Waals surface area contributed by atoms with Crippen LogP contribution < -0.4 is 10.1 Å². The van der Waals surface area contributed by atoms with Crippen molar-refractivity contribution in [2.45, 2.75) is 13.3 Å². The molecule has 1 N–H and O–H groups in total. The predicted octanol–water partition coefficient (Wildman–Crippen LogP) is 2.86. The number of aromatic nitrogens is 1. The number of anilines is 1. The van der Waals surface area contributed by atoms with E-state index in [2.05, 4.69) is 10.3 Å². The van der Waals surface area contributed by atoms with Gasteiger partial charge in [0.15, 0.2) is 5.13 Å². The summed E-state index contributed by atoms with van der Waals surface area (Å²) in [4.78, 5) is 15.5. The van der Waals surface area contributed by atoms with Crippen molar-refractivity contribution >= 4 is 22.4 Å². The second kappa shape index (κ2) is 6.16. The smallest absolute Gasteiger partial charge is 0.229 e. The standard InChI is InChI=1S/C13H14N2O2S/c1-10-3-2-4-11(9-10)17-7-5-12(16)15-13-14-6-8-18-13/h2-4,6,8-9H,5,7H2,1H3,(H,14,15,16). The van der Waals surface area contributed by atoms with Gasteiger partial charge in [-0.15, -0.1) is 11.3 Å². The molecule has 0 spiro atoms. The minimum atomic E-state index is -0.0856. The van der Waals surface area contributed by atoms with Crippen molar-refractivity contribution in [3.63, 3.8) is 0 Å². The topological polar surface area (TPSA) is 51.2 Å². The zero-order valence-corrected chi connectivity index (χ0v) is 10.9. The predicted molar refractivity (Wildman–Crippen MR) is 72.0 cm³/mol. The van der Waals surface area contributed by atoms with Gasteiger partial charge in [-0.3, -0.25) is 4.79 Å². The van der Waals surface area contributed by atoms with Crippen LogP contribution in [0.5, 0.6) is 5.75 Å². The molecule has 18 heavy (non-hydrogen) atoms. The van der Waals surface area contributed by atoms with Gasteiger partial charge in [0, 0.05) is 11.6 Å². The average Bonchev–Trinajstić information content (AvgIpc) is 2.82. The van der Waals surface area contributed by atoms with Gasteiger partial charge < -0.3 is 10.1 Å². The Bertz CT molecular complexity index is 511. The minimum Gasteiger partial charge on any atom is -0.493 e. The van der Waals surface area contributed by atoms with E-state index in [1.807, 2.05) is 36.6 Å². The number of rotatable bonds is 5. The van der Waals surface area contributed by atoms with Gasteiger partial charge in [-0.25, -0.2) is 4.98 Å². The third-order valence-corrected chi connectivity index (χ3v) is 2.95. The molecule has 0 unspecified atom stereocenters. The van der Waals surface area contributed by atoms with Gasteiger partial charge in [0.25, 0.3) is 0 Å². The molecule has 4 nitrogen and oxygen atoms in total. The maximum Gasteiger partial charge on any atom is 0.229 e. The molecule has 0 saturated heterocycles. The SMILES string of the molecule is Cc1cccc(OCCC(=O)Nc2nccs2)c1. The van der Waals surface area contributed by atoms with E-state index in [1.165, 1.54) is 11.3 Å². The first-order chi connectivity index (χ1) is 8.74. The number of amides is 1. The molecule has 1 amide bonds. The fraction of sp³-hybridized carbons (Fsp3) is 0.231. The van der Waals surface area contributed by atoms with Crippen LogP contribution in [0.2, 0.25) is 0 Å². The van der Waals surface area contributed by atoms with E-state index < -0.39 is 0 Å². The Hall–Kier alpha value is -1.88. The van der Waals surface area contributed by atoms with Crippen molar-refractivity contribution in [3.05, 3.63) is 41.4 Å². The van der Waals surface area contributed by atoms with Crippen LogP contribution in [0.1, 0.15) is 12.0 Å². The molecule has 0 atom stereocenters. The maximum absolute atomic E-state index is 11.5. The molecule has 0 saturated carbocycles. The molecule has 0 aliphatic heterocycles. The molecule has 2 rings (SSSR count).